The molecule has 0 spiro atoms. The van der Waals surface area contributed by atoms with Crippen LogP contribution in [0.4, 0.5) is 5.69 Å². The normalized spacial score (nSPS) is 12.1. The van der Waals surface area contributed by atoms with Gasteiger partial charge in [-0.25, -0.2) is 8.42 Å². The highest BCUT2D eigenvalue weighted by Gasteiger charge is 2.33. The van der Waals surface area contributed by atoms with Crippen LogP contribution in [0.15, 0.2) is 89.8 Å². The van der Waals surface area contributed by atoms with Crippen LogP contribution in [0.25, 0.3) is 0 Å². The first-order valence-corrected chi connectivity index (χ1v) is 14.4. The highest BCUT2D eigenvalue weighted by molar-refractivity contribution is 7.92. The molecule has 2 amide bonds. The lowest BCUT2D eigenvalue weighted by Gasteiger charge is -2.33. The summed E-state index contributed by atoms with van der Waals surface area (Å²) in [6.07, 6.45) is 0.934. The standard InChI is InChI=1S/C30H37N3O4S/c1-5-28(30(35)31-4)32(21-20-24-12-8-6-9-13-24)29(34)22-33(26-18-16-25(17-19-26)23(2)3)38(36,37)27-14-10-7-11-15-27/h6-19,23,28H,5,20-22H2,1-4H3,(H,31,35). The first-order chi connectivity index (χ1) is 18.2. The van der Waals surface area contributed by atoms with Gasteiger partial charge in [-0.2, -0.15) is 0 Å². The summed E-state index contributed by atoms with van der Waals surface area (Å²) in [6, 6.07) is 24.3. The molecule has 3 aromatic rings. The molecule has 0 radical (unpaired) electrons. The van der Waals surface area contributed by atoms with Gasteiger partial charge in [0, 0.05) is 13.6 Å². The van der Waals surface area contributed by atoms with Crippen molar-refractivity contribution in [2.75, 3.05) is 24.4 Å². The first kappa shape index (κ1) is 28.9. The number of rotatable bonds is 12. The molecule has 1 unspecified atom stereocenters. The minimum Gasteiger partial charge on any atom is -0.357 e. The summed E-state index contributed by atoms with van der Waals surface area (Å²) in [5, 5.41) is 2.64. The lowest BCUT2D eigenvalue weighted by atomic mass is 10.0. The molecule has 1 atom stereocenters. The summed E-state index contributed by atoms with van der Waals surface area (Å²) in [5.74, 6) is -0.451. The van der Waals surface area contributed by atoms with Crippen LogP contribution in [0.2, 0.25) is 0 Å². The van der Waals surface area contributed by atoms with E-state index in [1.54, 1.807) is 30.3 Å². The zero-order valence-electron chi connectivity index (χ0n) is 22.5. The van der Waals surface area contributed by atoms with Crippen LogP contribution in [0, 0.1) is 0 Å². The van der Waals surface area contributed by atoms with E-state index in [1.807, 2.05) is 49.4 Å². The van der Waals surface area contributed by atoms with Crippen molar-refractivity contribution in [2.45, 2.75) is 50.5 Å². The van der Waals surface area contributed by atoms with Gasteiger partial charge in [0.15, 0.2) is 0 Å². The average Bonchev–Trinajstić information content (AvgIpc) is 2.94. The fourth-order valence-corrected chi connectivity index (χ4v) is 5.77. The lowest BCUT2D eigenvalue weighted by molar-refractivity contribution is -0.139. The van der Waals surface area contributed by atoms with Crippen molar-refractivity contribution in [2.24, 2.45) is 0 Å². The fourth-order valence-electron chi connectivity index (χ4n) is 4.34. The number of anilines is 1. The van der Waals surface area contributed by atoms with Gasteiger partial charge in [0.1, 0.15) is 12.6 Å². The maximum atomic E-state index is 13.9. The van der Waals surface area contributed by atoms with Gasteiger partial charge in [-0.1, -0.05) is 81.4 Å². The summed E-state index contributed by atoms with van der Waals surface area (Å²) in [7, 11) is -2.52. The van der Waals surface area contributed by atoms with E-state index in [0.29, 0.717) is 18.5 Å². The number of carbonyl (C=O) groups is 2. The van der Waals surface area contributed by atoms with E-state index in [2.05, 4.69) is 19.2 Å². The Morgan fingerprint density at radius 1 is 0.868 bits per heavy atom. The maximum absolute atomic E-state index is 13.9. The second-order valence-electron chi connectivity index (χ2n) is 9.43. The Morgan fingerprint density at radius 2 is 1.45 bits per heavy atom. The quantitative estimate of drug-likeness (QED) is 0.367. The third-order valence-corrected chi connectivity index (χ3v) is 8.36. The number of hydrogen-bond acceptors (Lipinski definition) is 4. The number of amides is 2. The second kappa shape index (κ2) is 13.2. The molecule has 0 fully saturated rings. The van der Waals surface area contributed by atoms with Crippen molar-refractivity contribution in [3.8, 4) is 0 Å². The minimum absolute atomic E-state index is 0.0925. The first-order valence-electron chi connectivity index (χ1n) is 12.9. The molecular formula is C30H37N3O4S. The molecule has 0 saturated heterocycles. The smallest absolute Gasteiger partial charge is 0.264 e. The summed E-state index contributed by atoms with van der Waals surface area (Å²) in [5.41, 5.74) is 2.48. The van der Waals surface area contributed by atoms with E-state index >= 15 is 0 Å². The fraction of sp³-hybridized carbons (Fsp3) is 0.333. The van der Waals surface area contributed by atoms with E-state index in [4.69, 9.17) is 0 Å². The average molecular weight is 536 g/mol. The van der Waals surface area contributed by atoms with Gasteiger partial charge < -0.3 is 10.2 Å². The molecule has 0 heterocycles. The summed E-state index contributed by atoms with van der Waals surface area (Å²) >= 11 is 0. The highest BCUT2D eigenvalue weighted by atomic mass is 32.2. The predicted octanol–water partition coefficient (Wildman–Crippen LogP) is 4.60. The Morgan fingerprint density at radius 3 is 1.97 bits per heavy atom. The zero-order chi connectivity index (χ0) is 27.7. The second-order valence-corrected chi connectivity index (χ2v) is 11.3. The van der Waals surface area contributed by atoms with Crippen molar-refractivity contribution < 1.29 is 18.0 Å². The molecule has 3 rings (SSSR count). The number of sulfonamides is 1. The number of nitrogens with one attached hydrogen (secondary N) is 1. The number of likely N-dealkylation sites (N-methyl/N-ethyl adjacent to an activating group) is 1. The molecule has 0 saturated carbocycles. The molecule has 3 aromatic carbocycles. The van der Waals surface area contributed by atoms with Crippen molar-refractivity contribution >= 4 is 27.5 Å². The van der Waals surface area contributed by atoms with Crippen molar-refractivity contribution in [3.63, 3.8) is 0 Å². The van der Waals surface area contributed by atoms with Crippen molar-refractivity contribution in [1.29, 1.82) is 0 Å². The number of carbonyl (C=O) groups excluding carboxylic acids is 2. The van der Waals surface area contributed by atoms with Gasteiger partial charge in [-0.05, 0) is 54.2 Å². The maximum Gasteiger partial charge on any atom is 0.264 e. The van der Waals surface area contributed by atoms with Crippen molar-refractivity contribution in [3.05, 3.63) is 96.1 Å². The van der Waals surface area contributed by atoms with Crippen LogP contribution < -0.4 is 9.62 Å². The Kier molecular flexibility index (Phi) is 10.1. The van der Waals surface area contributed by atoms with Gasteiger partial charge in [-0.3, -0.25) is 13.9 Å². The van der Waals surface area contributed by atoms with Gasteiger partial charge in [0.05, 0.1) is 10.6 Å². The largest absolute Gasteiger partial charge is 0.357 e. The Labute approximate surface area is 226 Å². The molecule has 1 N–H and O–H groups in total. The molecule has 8 heteroatoms. The minimum atomic E-state index is -4.06. The summed E-state index contributed by atoms with van der Waals surface area (Å²) in [6.45, 7) is 5.81. The summed E-state index contributed by atoms with van der Waals surface area (Å²) in [4.78, 5) is 28.2. The topological polar surface area (TPSA) is 86.8 Å². The molecule has 0 aromatic heterocycles. The molecular weight excluding hydrogens is 498 g/mol. The Bertz CT molecular complexity index is 1290. The van der Waals surface area contributed by atoms with Crippen LogP contribution in [0.1, 0.15) is 44.2 Å². The molecule has 0 aliphatic rings. The van der Waals surface area contributed by atoms with Crippen LogP contribution in [0.3, 0.4) is 0 Å². The molecule has 0 aliphatic carbocycles. The van der Waals surface area contributed by atoms with Crippen LogP contribution in [0.5, 0.6) is 0 Å². The predicted molar refractivity (Wildman–Crippen MR) is 152 cm³/mol. The molecule has 7 nitrogen and oxygen atoms in total. The third kappa shape index (κ3) is 7.01. The highest BCUT2D eigenvalue weighted by Crippen LogP contribution is 2.26. The Balaban J connectivity index is 2.00. The van der Waals surface area contributed by atoms with Crippen LogP contribution in [-0.4, -0.2) is 51.3 Å². The Hall–Kier alpha value is -3.65. The van der Waals surface area contributed by atoms with Gasteiger partial charge in [0.2, 0.25) is 11.8 Å². The van der Waals surface area contributed by atoms with Gasteiger partial charge in [0.25, 0.3) is 10.0 Å². The van der Waals surface area contributed by atoms with Crippen LogP contribution in [-0.2, 0) is 26.0 Å². The molecule has 0 aliphatic heterocycles. The molecule has 38 heavy (non-hydrogen) atoms. The lowest BCUT2D eigenvalue weighted by Crippen LogP contribution is -2.52. The molecule has 0 bridgehead atoms. The van der Waals surface area contributed by atoms with Gasteiger partial charge >= 0.3 is 0 Å². The monoisotopic (exact) mass is 535 g/mol. The zero-order valence-corrected chi connectivity index (χ0v) is 23.3. The summed E-state index contributed by atoms with van der Waals surface area (Å²) < 4.78 is 28.7. The number of nitrogens with zero attached hydrogens (tertiary/aromatic N) is 2. The van der Waals surface area contributed by atoms with Gasteiger partial charge in [-0.15, -0.1) is 0 Å². The van der Waals surface area contributed by atoms with Crippen molar-refractivity contribution in [1.82, 2.24) is 10.2 Å². The number of benzene rings is 3. The third-order valence-electron chi connectivity index (χ3n) is 6.57. The van der Waals surface area contributed by atoms with E-state index in [0.717, 1.165) is 15.4 Å². The SMILES string of the molecule is CCC(C(=O)NC)N(CCc1ccccc1)C(=O)CN(c1ccc(C(C)C)cc1)S(=O)(=O)c1ccccc1. The number of hydrogen-bond donors (Lipinski definition) is 1. The van der Waals surface area contributed by atoms with E-state index in [9.17, 15) is 18.0 Å². The van der Waals surface area contributed by atoms with Crippen LogP contribution >= 0.6 is 0 Å². The van der Waals surface area contributed by atoms with E-state index < -0.39 is 28.5 Å². The van der Waals surface area contributed by atoms with E-state index in [1.165, 1.54) is 24.1 Å². The van der Waals surface area contributed by atoms with E-state index in [-0.39, 0.29) is 23.3 Å². The molecule has 202 valence electrons.